The van der Waals surface area contributed by atoms with Gasteiger partial charge in [-0.1, -0.05) is 0 Å². The van der Waals surface area contributed by atoms with Gasteiger partial charge in [-0.15, -0.1) is 0 Å². The van der Waals surface area contributed by atoms with Crippen LogP contribution in [0.15, 0.2) is 18.2 Å². The maximum Gasteiger partial charge on any atom is 0.416 e. The molecule has 0 spiro atoms. The lowest BCUT2D eigenvalue weighted by Gasteiger charge is -2.16. The number of hydrogen-bond donors (Lipinski definition) is 0. The fourth-order valence-corrected chi connectivity index (χ4v) is 1.10. The van der Waals surface area contributed by atoms with Crippen molar-refractivity contribution in [2.75, 3.05) is 19.0 Å². The monoisotopic (exact) mass is 202 g/mol. The zero-order valence-electron chi connectivity index (χ0n) is 8.02. The molecule has 0 N–H and O–H groups in total. The van der Waals surface area contributed by atoms with E-state index in [4.69, 9.17) is 0 Å². The Morgan fingerprint density at radius 2 is 1.71 bits per heavy atom. The summed E-state index contributed by atoms with van der Waals surface area (Å²) in [6.45, 7) is 3.51. The molecule has 0 aliphatic carbocycles. The third-order valence-corrected chi connectivity index (χ3v) is 1.82. The molecule has 0 bridgehead atoms. The molecule has 1 aromatic rings. The van der Waals surface area contributed by atoms with Gasteiger partial charge in [-0.05, 0) is 30.7 Å². The summed E-state index contributed by atoms with van der Waals surface area (Å²) in [5, 5.41) is 0. The minimum atomic E-state index is -4.31. The molecule has 1 rings (SSSR count). The van der Waals surface area contributed by atoms with Crippen LogP contribution in [-0.2, 0) is 6.18 Å². The highest BCUT2D eigenvalue weighted by molar-refractivity contribution is 5.51. The Morgan fingerprint density at radius 1 is 1.14 bits per heavy atom. The Balaban J connectivity index is 3.21. The molecular weight excluding hydrogens is 191 g/mol. The minimum Gasteiger partial charge on any atom is -0.378 e. The van der Waals surface area contributed by atoms with Crippen molar-refractivity contribution in [2.24, 2.45) is 0 Å². The molecule has 0 aliphatic rings. The summed E-state index contributed by atoms with van der Waals surface area (Å²) in [6.07, 6.45) is -4.31. The van der Waals surface area contributed by atoms with Crippen LogP contribution in [0.3, 0.4) is 0 Å². The fourth-order valence-electron chi connectivity index (χ4n) is 1.10. The van der Waals surface area contributed by atoms with E-state index in [1.807, 2.05) is 0 Å². The normalized spacial score (nSPS) is 11.6. The van der Waals surface area contributed by atoms with Gasteiger partial charge in [-0.3, -0.25) is 0 Å². The van der Waals surface area contributed by atoms with Crippen molar-refractivity contribution >= 4 is 5.69 Å². The van der Waals surface area contributed by atoms with Gasteiger partial charge in [0.15, 0.2) is 0 Å². The minimum absolute atomic E-state index is 0.364. The van der Waals surface area contributed by atoms with Crippen molar-refractivity contribution in [3.8, 4) is 0 Å². The Hall–Kier alpha value is -1.19. The van der Waals surface area contributed by atoms with Crippen molar-refractivity contribution in [2.45, 2.75) is 6.18 Å². The molecule has 0 saturated heterocycles. The van der Waals surface area contributed by atoms with Crippen molar-refractivity contribution in [1.82, 2.24) is 0 Å². The standard InChI is InChI=1S/C10H11F3N/c1-7-4-8(10(11,12)13)6-9(5-7)14(2)3/h4-6H,1H2,2-3H3. The second-order valence-corrected chi connectivity index (χ2v) is 3.28. The lowest BCUT2D eigenvalue weighted by atomic mass is 10.1. The average Bonchev–Trinajstić information content (AvgIpc) is 2.01. The van der Waals surface area contributed by atoms with E-state index in [-0.39, 0.29) is 0 Å². The summed E-state index contributed by atoms with van der Waals surface area (Å²) >= 11 is 0. The molecule has 1 aromatic carbocycles. The lowest BCUT2D eigenvalue weighted by Crippen LogP contribution is -2.12. The van der Waals surface area contributed by atoms with Crippen LogP contribution in [0, 0.1) is 6.92 Å². The average molecular weight is 202 g/mol. The molecule has 77 valence electrons. The summed E-state index contributed by atoms with van der Waals surface area (Å²) in [5.74, 6) is 0. The van der Waals surface area contributed by atoms with Gasteiger partial charge in [-0.2, -0.15) is 13.2 Å². The van der Waals surface area contributed by atoms with Crippen LogP contribution < -0.4 is 4.90 Å². The van der Waals surface area contributed by atoms with Crippen LogP contribution in [-0.4, -0.2) is 14.1 Å². The highest BCUT2D eigenvalue weighted by Crippen LogP contribution is 2.32. The molecule has 0 aliphatic heterocycles. The van der Waals surface area contributed by atoms with Crippen molar-refractivity contribution < 1.29 is 13.2 Å². The van der Waals surface area contributed by atoms with Crippen molar-refractivity contribution in [3.05, 3.63) is 36.2 Å². The number of hydrogen-bond acceptors (Lipinski definition) is 1. The largest absolute Gasteiger partial charge is 0.416 e. The highest BCUT2D eigenvalue weighted by Gasteiger charge is 2.30. The number of alkyl halides is 3. The first-order valence-corrected chi connectivity index (χ1v) is 4.02. The molecule has 1 nitrogen and oxygen atoms in total. The Bertz CT molecular complexity index is 329. The molecule has 14 heavy (non-hydrogen) atoms. The SMILES string of the molecule is [CH2]c1cc(N(C)C)cc(C(F)(F)F)c1. The molecule has 4 heteroatoms. The lowest BCUT2D eigenvalue weighted by molar-refractivity contribution is -0.137. The zero-order valence-corrected chi connectivity index (χ0v) is 8.02. The maximum atomic E-state index is 12.4. The molecule has 0 atom stereocenters. The van der Waals surface area contributed by atoms with E-state index in [1.54, 1.807) is 25.1 Å². The van der Waals surface area contributed by atoms with Gasteiger partial charge in [0.25, 0.3) is 0 Å². The van der Waals surface area contributed by atoms with E-state index in [1.165, 1.54) is 0 Å². The summed E-state index contributed by atoms with van der Waals surface area (Å²) in [5.41, 5.74) is 0.210. The van der Waals surface area contributed by atoms with Crippen molar-refractivity contribution in [1.29, 1.82) is 0 Å². The summed E-state index contributed by atoms with van der Waals surface area (Å²) < 4.78 is 37.1. The van der Waals surface area contributed by atoms with Crippen molar-refractivity contribution in [3.63, 3.8) is 0 Å². The molecule has 0 amide bonds. The third kappa shape index (κ3) is 2.40. The highest BCUT2D eigenvalue weighted by atomic mass is 19.4. The smallest absolute Gasteiger partial charge is 0.378 e. The Kier molecular flexibility index (Phi) is 2.73. The Morgan fingerprint density at radius 3 is 2.14 bits per heavy atom. The molecule has 0 saturated carbocycles. The van der Waals surface area contributed by atoms with E-state index < -0.39 is 11.7 Å². The van der Waals surface area contributed by atoms with Gasteiger partial charge in [0.2, 0.25) is 0 Å². The van der Waals surface area contributed by atoms with Crippen LogP contribution in [0.25, 0.3) is 0 Å². The molecular formula is C10H11F3N. The second kappa shape index (κ2) is 3.52. The van der Waals surface area contributed by atoms with Crippen LogP contribution in [0.5, 0.6) is 0 Å². The topological polar surface area (TPSA) is 3.24 Å². The summed E-state index contributed by atoms with van der Waals surface area (Å²) in [7, 11) is 3.38. The van der Waals surface area contributed by atoms with E-state index >= 15 is 0 Å². The van der Waals surface area contributed by atoms with Gasteiger partial charge in [-0.25, -0.2) is 0 Å². The molecule has 0 aromatic heterocycles. The Labute approximate surface area is 81.1 Å². The molecule has 0 unspecified atom stereocenters. The first-order chi connectivity index (χ1) is 6.30. The summed E-state index contributed by atoms with van der Waals surface area (Å²) in [6, 6.07) is 3.75. The number of benzene rings is 1. The van der Waals surface area contributed by atoms with E-state index in [0.717, 1.165) is 12.1 Å². The fraction of sp³-hybridized carbons (Fsp3) is 0.300. The number of halogens is 3. The van der Waals surface area contributed by atoms with Crippen LogP contribution in [0.2, 0.25) is 0 Å². The molecule has 0 heterocycles. The first-order valence-electron chi connectivity index (χ1n) is 4.02. The van der Waals surface area contributed by atoms with Gasteiger partial charge >= 0.3 is 6.18 Å². The van der Waals surface area contributed by atoms with E-state index in [9.17, 15) is 13.2 Å². The van der Waals surface area contributed by atoms with E-state index in [2.05, 4.69) is 6.92 Å². The maximum absolute atomic E-state index is 12.4. The van der Waals surface area contributed by atoms with E-state index in [0.29, 0.717) is 11.3 Å². The van der Waals surface area contributed by atoms with Gasteiger partial charge in [0, 0.05) is 19.8 Å². The quantitative estimate of drug-likeness (QED) is 0.676. The summed E-state index contributed by atoms with van der Waals surface area (Å²) in [4.78, 5) is 1.62. The van der Waals surface area contributed by atoms with Crippen LogP contribution >= 0.6 is 0 Å². The number of rotatable bonds is 1. The predicted molar refractivity (Wildman–Crippen MR) is 50.2 cm³/mol. The van der Waals surface area contributed by atoms with Gasteiger partial charge < -0.3 is 4.90 Å². The predicted octanol–water partition coefficient (Wildman–Crippen LogP) is 2.95. The third-order valence-electron chi connectivity index (χ3n) is 1.82. The molecule has 0 fully saturated rings. The number of anilines is 1. The zero-order chi connectivity index (χ0) is 10.9. The van der Waals surface area contributed by atoms with Gasteiger partial charge in [0.1, 0.15) is 0 Å². The van der Waals surface area contributed by atoms with Gasteiger partial charge in [0.05, 0.1) is 5.56 Å². The second-order valence-electron chi connectivity index (χ2n) is 3.28. The van der Waals surface area contributed by atoms with Crippen LogP contribution in [0.4, 0.5) is 18.9 Å². The first kappa shape index (κ1) is 10.9. The molecule has 1 radical (unpaired) electrons. The van der Waals surface area contributed by atoms with Crippen LogP contribution in [0.1, 0.15) is 11.1 Å². The number of nitrogens with zero attached hydrogens (tertiary/aromatic N) is 1.